The number of carbonyl (C=O) groups is 2. The molecule has 1 aromatic carbocycles. The van der Waals surface area contributed by atoms with Gasteiger partial charge in [-0.05, 0) is 37.5 Å². The molecule has 1 aliphatic carbocycles. The Bertz CT molecular complexity index is 521. The van der Waals surface area contributed by atoms with Gasteiger partial charge < -0.3 is 15.2 Å². The first-order valence-corrected chi connectivity index (χ1v) is 7.26. The number of aliphatic carboxylic acids is 1. The summed E-state index contributed by atoms with van der Waals surface area (Å²) < 4.78 is 5.51. The maximum atomic E-state index is 11.9. The van der Waals surface area contributed by atoms with Crippen LogP contribution in [0.1, 0.15) is 37.7 Å². The molecule has 21 heavy (non-hydrogen) atoms. The van der Waals surface area contributed by atoms with Crippen molar-refractivity contribution in [2.24, 2.45) is 0 Å². The van der Waals surface area contributed by atoms with Gasteiger partial charge in [0.25, 0.3) is 0 Å². The van der Waals surface area contributed by atoms with E-state index in [2.05, 4.69) is 5.32 Å². The van der Waals surface area contributed by atoms with E-state index in [1.165, 1.54) is 0 Å². The van der Waals surface area contributed by atoms with Gasteiger partial charge in [-0.15, -0.1) is 0 Å². The lowest BCUT2D eigenvalue weighted by Crippen LogP contribution is -2.52. The van der Waals surface area contributed by atoms with Crippen LogP contribution in [0.5, 0.6) is 5.75 Å². The highest BCUT2D eigenvalue weighted by Gasteiger charge is 2.42. The average molecular weight is 291 g/mol. The molecule has 1 aromatic rings. The second-order valence-corrected chi connectivity index (χ2v) is 5.56. The van der Waals surface area contributed by atoms with Gasteiger partial charge in [0, 0.05) is 0 Å². The number of nitrogens with one attached hydrogen (secondary N) is 1. The standard InChI is InChI=1S/C16H21NO4/c1-12-5-4-6-13(11-12)21-10-7-14(18)17-16(15(19)20)8-2-3-9-16/h4-6,11H,2-3,7-10H2,1H3,(H,17,18)(H,19,20). The molecule has 2 rings (SSSR count). The van der Waals surface area contributed by atoms with Gasteiger partial charge in [0.05, 0.1) is 13.0 Å². The van der Waals surface area contributed by atoms with E-state index < -0.39 is 11.5 Å². The summed E-state index contributed by atoms with van der Waals surface area (Å²) in [5.74, 6) is -0.489. The molecule has 0 aliphatic heterocycles. The average Bonchev–Trinajstić information content (AvgIpc) is 2.88. The first-order valence-electron chi connectivity index (χ1n) is 7.26. The van der Waals surface area contributed by atoms with Crippen molar-refractivity contribution in [1.29, 1.82) is 0 Å². The number of amides is 1. The predicted octanol–water partition coefficient (Wildman–Crippen LogP) is 2.28. The van der Waals surface area contributed by atoms with Gasteiger partial charge in [-0.25, -0.2) is 4.79 Å². The zero-order valence-corrected chi connectivity index (χ0v) is 12.2. The van der Waals surface area contributed by atoms with Crippen molar-refractivity contribution in [3.63, 3.8) is 0 Å². The highest BCUT2D eigenvalue weighted by atomic mass is 16.5. The topological polar surface area (TPSA) is 75.6 Å². The summed E-state index contributed by atoms with van der Waals surface area (Å²) in [7, 11) is 0. The van der Waals surface area contributed by atoms with Crippen LogP contribution in [0.3, 0.4) is 0 Å². The monoisotopic (exact) mass is 291 g/mol. The smallest absolute Gasteiger partial charge is 0.329 e. The first kappa shape index (κ1) is 15.4. The molecule has 1 fully saturated rings. The van der Waals surface area contributed by atoms with Crippen LogP contribution in [0.25, 0.3) is 0 Å². The number of hydrogen-bond donors (Lipinski definition) is 2. The maximum absolute atomic E-state index is 11.9. The third-order valence-electron chi connectivity index (χ3n) is 3.83. The van der Waals surface area contributed by atoms with Crippen molar-refractivity contribution in [2.75, 3.05) is 6.61 Å². The quantitative estimate of drug-likeness (QED) is 0.843. The summed E-state index contributed by atoms with van der Waals surface area (Å²) in [4.78, 5) is 23.3. The lowest BCUT2D eigenvalue weighted by Gasteiger charge is -2.25. The molecule has 1 aliphatic rings. The van der Waals surface area contributed by atoms with Crippen molar-refractivity contribution < 1.29 is 19.4 Å². The minimum absolute atomic E-state index is 0.156. The van der Waals surface area contributed by atoms with E-state index in [9.17, 15) is 14.7 Å². The molecule has 0 aromatic heterocycles. The molecule has 0 atom stereocenters. The minimum atomic E-state index is -1.07. The van der Waals surface area contributed by atoms with Crippen LogP contribution in [0.15, 0.2) is 24.3 Å². The molecule has 0 bridgehead atoms. The van der Waals surface area contributed by atoms with Crippen LogP contribution in [-0.4, -0.2) is 29.1 Å². The van der Waals surface area contributed by atoms with Gasteiger partial charge >= 0.3 is 5.97 Å². The Labute approximate surface area is 124 Å². The highest BCUT2D eigenvalue weighted by Crippen LogP contribution is 2.29. The Morgan fingerprint density at radius 1 is 1.33 bits per heavy atom. The largest absolute Gasteiger partial charge is 0.493 e. The Morgan fingerprint density at radius 2 is 2.05 bits per heavy atom. The molecule has 1 saturated carbocycles. The fourth-order valence-corrected chi connectivity index (χ4v) is 2.67. The van der Waals surface area contributed by atoms with Gasteiger partial charge in [-0.3, -0.25) is 4.79 Å². The van der Waals surface area contributed by atoms with Crippen molar-refractivity contribution in [3.8, 4) is 5.75 Å². The van der Waals surface area contributed by atoms with Gasteiger partial charge in [0.15, 0.2) is 0 Å². The third kappa shape index (κ3) is 3.97. The molecule has 5 nitrogen and oxygen atoms in total. The van der Waals surface area contributed by atoms with Crippen molar-refractivity contribution >= 4 is 11.9 Å². The van der Waals surface area contributed by atoms with Gasteiger partial charge in [0.2, 0.25) is 5.91 Å². The molecule has 0 heterocycles. The number of hydrogen-bond acceptors (Lipinski definition) is 3. The maximum Gasteiger partial charge on any atom is 0.329 e. The van der Waals surface area contributed by atoms with Crippen molar-refractivity contribution in [2.45, 2.75) is 44.6 Å². The number of aryl methyl sites for hydroxylation is 1. The molecule has 0 spiro atoms. The number of benzene rings is 1. The number of rotatable bonds is 6. The molecule has 0 unspecified atom stereocenters. The SMILES string of the molecule is Cc1cccc(OCCC(=O)NC2(C(=O)O)CCCC2)c1. The molecular formula is C16H21NO4. The Balaban J connectivity index is 1.81. The van der Waals surface area contributed by atoms with Crippen LogP contribution in [0.2, 0.25) is 0 Å². The summed E-state index contributed by atoms with van der Waals surface area (Å²) in [6.45, 7) is 2.21. The van der Waals surface area contributed by atoms with E-state index in [4.69, 9.17) is 4.74 Å². The molecule has 0 radical (unpaired) electrons. The summed E-state index contributed by atoms with van der Waals surface area (Å²) in [6.07, 6.45) is 2.85. The fraction of sp³-hybridized carbons (Fsp3) is 0.500. The Kier molecular flexibility index (Phi) is 4.83. The molecular weight excluding hydrogens is 270 g/mol. The third-order valence-corrected chi connectivity index (χ3v) is 3.83. The number of carboxylic acids is 1. The zero-order valence-electron chi connectivity index (χ0n) is 12.2. The second-order valence-electron chi connectivity index (χ2n) is 5.56. The lowest BCUT2D eigenvalue weighted by atomic mass is 9.97. The minimum Gasteiger partial charge on any atom is -0.493 e. The fourth-order valence-electron chi connectivity index (χ4n) is 2.67. The van der Waals surface area contributed by atoms with Gasteiger partial charge in [-0.1, -0.05) is 25.0 Å². The number of carbonyl (C=O) groups excluding carboxylic acids is 1. The van der Waals surface area contributed by atoms with Crippen LogP contribution in [-0.2, 0) is 9.59 Å². The van der Waals surface area contributed by atoms with E-state index in [1.54, 1.807) is 0 Å². The van der Waals surface area contributed by atoms with E-state index in [1.807, 2.05) is 31.2 Å². The predicted molar refractivity (Wildman–Crippen MR) is 78.3 cm³/mol. The number of ether oxygens (including phenoxy) is 1. The number of carboxylic acid groups (broad SMARTS) is 1. The van der Waals surface area contributed by atoms with E-state index in [-0.39, 0.29) is 18.9 Å². The van der Waals surface area contributed by atoms with Crippen molar-refractivity contribution in [1.82, 2.24) is 5.32 Å². The molecule has 114 valence electrons. The lowest BCUT2D eigenvalue weighted by molar-refractivity contribution is -0.147. The van der Waals surface area contributed by atoms with Gasteiger partial charge in [-0.2, -0.15) is 0 Å². The Hall–Kier alpha value is -2.04. The normalized spacial score (nSPS) is 16.4. The first-order chi connectivity index (χ1) is 10.0. The second kappa shape index (κ2) is 6.61. The van der Waals surface area contributed by atoms with Gasteiger partial charge in [0.1, 0.15) is 11.3 Å². The molecule has 2 N–H and O–H groups in total. The Morgan fingerprint density at radius 3 is 2.67 bits per heavy atom. The molecule has 1 amide bonds. The van der Waals surface area contributed by atoms with E-state index in [0.717, 1.165) is 24.2 Å². The zero-order chi connectivity index (χ0) is 15.3. The van der Waals surface area contributed by atoms with E-state index >= 15 is 0 Å². The van der Waals surface area contributed by atoms with E-state index in [0.29, 0.717) is 12.8 Å². The molecule has 0 saturated heterocycles. The van der Waals surface area contributed by atoms with Crippen molar-refractivity contribution in [3.05, 3.63) is 29.8 Å². The summed E-state index contributed by atoms with van der Waals surface area (Å²) in [5, 5.41) is 12.0. The highest BCUT2D eigenvalue weighted by molar-refractivity contribution is 5.87. The van der Waals surface area contributed by atoms with Crippen LogP contribution in [0.4, 0.5) is 0 Å². The van der Waals surface area contributed by atoms with Crippen LogP contribution < -0.4 is 10.1 Å². The summed E-state index contributed by atoms with van der Waals surface area (Å²) in [5.41, 5.74) is 0.0215. The summed E-state index contributed by atoms with van der Waals surface area (Å²) >= 11 is 0. The van der Waals surface area contributed by atoms with Crippen LogP contribution in [0, 0.1) is 6.92 Å². The van der Waals surface area contributed by atoms with Crippen LogP contribution >= 0.6 is 0 Å². The summed E-state index contributed by atoms with van der Waals surface area (Å²) in [6, 6.07) is 7.59. The molecule has 5 heteroatoms.